The molecule has 0 spiro atoms. The van der Waals surface area contributed by atoms with Crippen LogP contribution in [0.2, 0.25) is 0 Å². The number of amides is 1. The maximum atomic E-state index is 11.9. The summed E-state index contributed by atoms with van der Waals surface area (Å²) in [6.45, 7) is 3.34. The number of rotatable bonds is 29. The summed E-state index contributed by atoms with van der Waals surface area (Å²) in [5.41, 5.74) is 0. The number of carbonyl (C=O) groups is 2. The standard InChI is InChI=1S/C30H58NO8P/c1-3-5-7-8-9-10-11-12-13-14-15-16-17-18-19-21-23-30(34)37-26-28(32)27-39-40(35,36)38-25-24-31-29(33)22-20-6-4-2/h13-14,28,32H,3-12,15-27H2,1-2H3,(H,31,33)(H,35,36)/b14-13-. The van der Waals surface area contributed by atoms with Crippen molar-refractivity contribution in [3.05, 3.63) is 12.2 Å². The van der Waals surface area contributed by atoms with Gasteiger partial charge in [0, 0.05) is 19.4 Å². The molecule has 10 heteroatoms. The first-order valence-corrected chi connectivity index (χ1v) is 17.2. The van der Waals surface area contributed by atoms with Crippen LogP contribution in [-0.2, 0) is 27.9 Å². The number of ether oxygens (including phenoxy) is 1. The van der Waals surface area contributed by atoms with Gasteiger partial charge in [0.05, 0.1) is 13.2 Å². The molecule has 0 aliphatic rings. The van der Waals surface area contributed by atoms with Gasteiger partial charge in [-0.2, -0.15) is 0 Å². The lowest BCUT2D eigenvalue weighted by Crippen LogP contribution is -2.27. The molecule has 0 radical (unpaired) electrons. The van der Waals surface area contributed by atoms with Gasteiger partial charge in [0.1, 0.15) is 12.7 Å². The number of unbranched alkanes of at least 4 members (excludes halogenated alkanes) is 14. The van der Waals surface area contributed by atoms with Crippen LogP contribution < -0.4 is 5.32 Å². The van der Waals surface area contributed by atoms with Crippen LogP contribution in [0.25, 0.3) is 0 Å². The van der Waals surface area contributed by atoms with Gasteiger partial charge in [-0.15, -0.1) is 0 Å². The SMILES string of the molecule is CCCCCCCCC/C=C\CCCCCCCC(=O)OCC(O)COP(=O)(O)OCCNC(=O)CCCCC. The summed E-state index contributed by atoms with van der Waals surface area (Å²) in [6.07, 6.45) is 23.6. The number of hydrogen-bond acceptors (Lipinski definition) is 7. The highest BCUT2D eigenvalue weighted by Crippen LogP contribution is 2.42. The Morgan fingerprint density at radius 3 is 1.90 bits per heavy atom. The smallest absolute Gasteiger partial charge is 0.463 e. The van der Waals surface area contributed by atoms with E-state index >= 15 is 0 Å². The first kappa shape index (κ1) is 38.8. The van der Waals surface area contributed by atoms with E-state index < -0.39 is 26.5 Å². The fraction of sp³-hybridized carbons (Fsp3) is 0.867. The number of allylic oxidation sites excluding steroid dienone is 2. The minimum Gasteiger partial charge on any atom is -0.463 e. The predicted octanol–water partition coefficient (Wildman–Crippen LogP) is 7.15. The molecular weight excluding hydrogens is 533 g/mol. The van der Waals surface area contributed by atoms with E-state index in [1.54, 1.807) is 0 Å². The highest BCUT2D eigenvalue weighted by atomic mass is 31.2. The molecule has 40 heavy (non-hydrogen) atoms. The van der Waals surface area contributed by atoms with Gasteiger partial charge < -0.3 is 20.1 Å². The third-order valence-electron chi connectivity index (χ3n) is 6.45. The highest BCUT2D eigenvalue weighted by molar-refractivity contribution is 7.47. The second-order valence-electron chi connectivity index (χ2n) is 10.4. The molecule has 0 bridgehead atoms. The Bertz CT molecular complexity index is 689. The number of phosphoric ester groups is 1. The molecule has 1 amide bonds. The molecule has 0 aromatic carbocycles. The Kier molecular flexibility index (Phi) is 27.0. The molecule has 0 aromatic heterocycles. The number of phosphoric acid groups is 1. The zero-order valence-corrected chi connectivity index (χ0v) is 26.2. The van der Waals surface area contributed by atoms with Crippen molar-refractivity contribution in [3.63, 3.8) is 0 Å². The van der Waals surface area contributed by atoms with Gasteiger partial charge in [-0.25, -0.2) is 4.57 Å². The van der Waals surface area contributed by atoms with Crippen molar-refractivity contribution in [2.75, 3.05) is 26.4 Å². The highest BCUT2D eigenvalue weighted by Gasteiger charge is 2.23. The first-order valence-electron chi connectivity index (χ1n) is 15.7. The van der Waals surface area contributed by atoms with Gasteiger partial charge >= 0.3 is 13.8 Å². The summed E-state index contributed by atoms with van der Waals surface area (Å²) in [4.78, 5) is 33.1. The molecule has 0 fully saturated rings. The molecule has 2 atom stereocenters. The van der Waals surface area contributed by atoms with Crippen molar-refractivity contribution in [3.8, 4) is 0 Å². The molecule has 0 rings (SSSR count). The largest absolute Gasteiger partial charge is 0.472 e. The van der Waals surface area contributed by atoms with Gasteiger partial charge in [-0.1, -0.05) is 96.6 Å². The van der Waals surface area contributed by atoms with Gasteiger partial charge in [0.25, 0.3) is 0 Å². The van der Waals surface area contributed by atoms with E-state index in [2.05, 4.69) is 24.4 Å². The average molecular weight is 592 g/mol. The summed E-state index contributed by atoms with van der Waals surface area (Å²) >= 11 is 0. The zero-order valence-electron chi connectivity index (χ0n) is 25.3. The second-order valence-corrected chi connectivity index (χ2v) is 11.9. The van der Waals surface area contributed by atoms with Crippen molar-refractivity contribution >= 4 is 19.7 Å². The number of hydrogen-bond donors (Lipinski definition) is 3. The molecule has 0 aliphatic heterocycles. The van der Waals surface area contributed by atoms with Crippen LogP contribution in [-0.4, -0.2) is 54.3 Å². The van der Waals surface area contributed by atoms with Crippen LogP contribution in [0.1, 0.15) is 136 Å². The Morgan fingerprint density at radius 2 is 1.27 bits per heavy atom. The molecule has 0 aromatic rings. The van der Waals surface area contributed by atoms with Crippen molar-refractivity contribution in [2.45, 2.75) is 142 Å². The van der Waals surface area contributed by atoms with Crippen molar-refractivity contribution in [1.82, 2.24) is 5.32 Å². The molecule has 3 N–H and O–H groups in total. The van der Waals surface area contributed by atoms with Crippen molar-refractivity contribution in [2.24, 2.45) is 0 Å². The Morgan fingerprint density at radius 1 is 0.750 bits per heavy atom. The van der Waals surface area contributed by atoms with E-state index in [0.29, 0.717) is 6.42 Å². The average Bonchev–Trinajstić information content (AvgIpc) is 2.93. The summed E-state index contributed by atoms with van der Waals surface area (Å²) in [5.74, 6) is -0.551. The molecule has 0 saturated carbocycles. The van der Waals surface area contributed by atoms with Crippen LogP contribution in [0, 0.1) is 0 Å². The Labute approximate surface area is 243 Å². The number of nitrogens with one attached hydrogen (secondary N) is 1. The molecule has 0 saturated heterocycles. The van der Waals surface area contributed by atoms with E-state index in [1.807, 2.05) is 6.92 Å². The lowest BCUT2D eigenvalue weighted by molar-refractivity contribution is -0.147. The minimum absolute atomic E-state index is 0.0788. The minimum atomic E-state index is -4.38. The van der Waals surface area contributed by atoms with E-state index in [-0.39, 0.29) is 32.1 Å². The topological polar surface area (TPSA) is 131 Å². The maximum absolute atomic E-state index is 11.9. The monoisotopic (exact) mass is 591 g/mol. The number of aliphatic hydroxyl groups excluding tert-OH is 1. The third kappa shape index (κ3) is 28.3. The van der Waals surface area contributed by atoms with Crippen LogP contribution in [0.4, 0.5) is 0 Å². The van der Waals surface area contributed by atoms with E-state index in [1.165, 1.54) is 51.4 Å². The molecular formula is C30H58NO8P. The maximum Gasteiger partial charge on any atom is 0.472 e. The fourth-order valence-electron chi connectivity index (χ4n) is 4.02. The van der Waals surface area contributed by atoms with Gasteiger partial charge in [-0.3, -0.25) is 18.6 Å². The van der Waals surface area contributed by atoms with Gasteiger partial charge in [-0.05, 0) is 38.5 Å². The van der Waals surface area contributed by atoms with E-state index in [9.17, 15) is 24.2 Å². The summed E-state index contributed by atoms with van der Waals surface area (Å²) < 4.78 is 26.4. The summed E-state index contributed by atoms with van der Waals surface area (Å²) in [7, 11) is -4.38. The number of aliphatic hydroxyl groups is 1. The van der Waals surface area contributed by atoms with E-state index in [0.717, 1.165) is 57.8 Å². The van der Waals surface area contributed by atoms with Gasteiger partial charge in [0.2, 0.25) is 5.91 Å². The Hall–Kier alpha value is -1.25. The Balaban J connectivity index is 3.61. The normalized spacial score (nSPS) is 13.8. The van der Waals surface area contributed by atoms with Crippen molar-refractivity contribution in [1.29, 1.82) is 0 Å². The van der Waals surface area contributed by atoms with E-state index in [4.69, 9.17) is 13.8 Å². The van der Waals surface area contributed by atoms with Crippen LogP contribution >= 0.6 is 7.82 Å². The second kappa shape index (κ2) is 27.9. The molecule has 0 heterocycles. The molecule has 9 nitrogen and oxygen atoms in total. The summed E-state index contributed by atoms with van der Waals surface area (Å²) in [5, 5.41) is 12.5. The number of carbonyl (C=O) groups excluding carboxylic acids is 2. The predicted molar refractivity (Wildman–Crippen MR) is 160 cm³/mol. The van der Waals surface area contributed by atoms with Crippen LogP contribution in [0.15, 0.2) is 12.2 Å². The molecule has 2 unspecified atom stereocenters. The van der Waals surface area contributed by atoms with Gasteiger partial charge in [0.15, 0.2) is 0 Å². The third-order valence-corrected chi connectivity index (χ3v) is 7.43. The lowest BCUT2D eigenvalue weighted by Gasteiger charge is -2.15. The quantitative estimate of drug-likeness (QED) is 0.0362. The van der Waals surface area contributed by atoms with Crippen LogP contribution in [0.5, 0.6) is 0 Å². The zero-order chi connectivity index (χ0) is 29.7. The number of esters is 1. The molecule has 0 aliphatic carbocycles. The lowest BCUT2D eigenvalue weighted by atomic mass is 10.1. The van der Waals surface area contributed by atoms with Crippen LogP contribution in [0.3, 0.4) is 0 Å². The van der Waals surface area contributed by atoms with Crippen molar-refractivity contribution < 1.29 is 37.9 Å². The fourth-order valence-corrected chi connectivity index (χ4v) is 4.78. The molecule has 236 valence electrons. The summed E-state index contributed by atoms with van der Waals surface area (Å²) in [6, 6.07) is 0. The first-order chi connectivity index (χ1) is 19.3.